The van der Waals surface area contributed by atoms with Gasteiger partial charge in [-0.05, 0) is 36.2 Å². The molecule has 3 N–H and O–H groups in total. The van der Waals surface area contributed by atoms with Crippen molar-refractivity contribution in [3.63, 3.8) is 0 Å². The van der Waals surface area contributed by atoms with Gasteiger partial charge in [0.05, 0.1) is 17.6 Å². The van der Waals surface area contributed by atoms with Crippen molar-refractivity contribution in [1.29, 1.82) is 0 Å². The number of methoxy groups -OCH3 is 1. The number of hydrogen-bond acceptors (Lipinski definition) is 5. The van der Waals surface area contributed by atoms with Crippen LogP contribution in [0.25, 0.3) is 0 Å². The first-order valence-electron chi connectivity index (χ1n) is 6.85. The molecule has 0 radical (unpaired) electrons. The van der Waals surface area contributed by atoms with Crippen LogP contribution in [0.5, 0.6) is 5.75 Å². The molecule has 0 bridgehead atoms. The molecule has 1 heterocycles. The number of primary amides is 1. The van der Waals surface area contributed by atoms with Crippen LogP contribution < -0.4 is 15.2 Å². The Morgan fingerprint density at radius 2 is 1.87 bits per heavy atom. The highest BCUT2D eigenvalue weighted by atomic mass is 32.2. The van der Waals surface area contributed by atoms with Crippen LogP contribution in [0, 0.1) is 0 Å². The van der Waals surface area contributed by atoms with Gasteiger partial charge in [-0.2, -0.15) is 0 Å². The lowest BCUT2D eigenvalue weighted by molar-refractivity contribution is 0.100. The quantitative estimate of drug-likeness (QED) is 0.833. The monoisotopic (exact) mass is 354 g/mol. The maximum absolute atomic E-state index is 12.5. The van der Waals surface area contributed by atoms with Crippen molar-refractivity contribution in [2.75, 3.05) is 11.8 Å². The number of nitrogens with two attached hydrogens (primary N) is 1. The Morgan fingerprint density at radius 1 is 1.26 bits per heavy atom. The Labute approximate surface area is 139 Å². The van der Waals surface area contributed by atoms with Crippen LogP contribution in [0.3, 0.4) is 0 Å². The van der Waals surface area contributed by atoms with Crippen molar-refractivity contribution < 1.29 is 17.9 Å². The van der Waals surface area contributed by atoms with Gasteiger partial charge in [-0.3, -0.25) is 9.52 Å². The van der Waals surface area contributed by atoms with Crippen LogP contribution in [-0.2, 0) is 10.0 Å². The van der Waals surface area contributed by atoms with Gasteiger partial charge in [-0.1, -0.05) is 13.8 Å². The van der Waals surface area contributed by atoms with E-state index in [2.05, 4.69) is 4.72 Å². The van der Waals surface area contributed by atoms with Crippen molar-refractivity contribution >= 4 is 32.3 Å². The zero-order chi connectivity index (χ0) is 17.2. The number of thiophene rings is 1. The minimum atomic E-state index is -3.81. The molecule has 23 heavy (non-hydrogen) atoms. The number of hydrogen-bond donors (Lipinski definition) is 2. The number of carbonyl (C=O) groups excluding carboxylic acids is 1. The van der Waals surface area contributed by atoms with Crippen LogP contribution in [0.15, 0.2) is 35.2 Å². The molecule has 1 aromatic carbocycles. The molecule has 1 aromatic heterocycles. The van der Waals surface area contributed by atoms with E-state index < -0.39 is 15.9 Å². The first kappa shape index (κ1) is 17.3. The number of rotatable bonds is 6. The van der Waals surface area contributed by atoms with Crippen LogP contribution >= 0.6 is 11.3 Å². The Kier molecular flexibility index (Phi) is 4.96. The molecule has 0 spiro atoms. The summed E-state index contributed by atoms with van der Waals surface area (Å²) in [6, 6.07) is 7.60. The molecule has 6 nitrogen and oxygen atoms in total. The zero-order valence-electron chi connectivity index (χ0n) is 13.0. The fourth-order valence-corrected chi connectivity index (χ4v) is 4.27. The van der Waals surface area contributed by atoms with Crippen molar-refractivity contribution in [2.24, 2.45) is 5.73 Å². The molecular weight excluding hydrogens is 336 g/mol. The third kappa shape index (κ3) is 3.83. The second kappa shape index (κ2) is 6.59. The number of nitrogens with one attached hydrogen (secondary N) is 1. The Balaban J connectivity index is 2.37. The minimum absolute atomic E-state index is 0.0771. The van der Waals surface area contributed by atoms with E-state index in [1.54, 1.807) is 18.2 Å². The van der Waals surface area contributed by atoms with Crippen molar-refractivity contribution in [3.8, 4) is 5.75 Å². The molecule has 0 atom stereocenters. The lowest BCUT2D eigenvalue weighted by atomic mass is 10.1. The topological polar surface area (TPSA) is 98.5 Å². The summed E-state index contributed by atoms with van der Waals surface area (Å²) >= 11 is 1.21. The molecule has 2 aromatic rings. The van der Waals surface area contributed by atoms with Gasteiger partial charge < -0.3 is 10.5 Å². The molecule has 0 saturated heterocycles. The number of amides is 1. The van der Waals surface area contributed by atoms with Crippen LogP contribution in [0.2, 0.25) is 0 Å². The zero-order valence-corrected chi connectivity index (χ0v) is 14.6. The van der Waals surface area contributed by atoms with Crippen molar-refractivity contribution in [1.82, 2.24) is 0 Å². The summed E-state index contributed by atoms with van der Waals surface area (Å²) in [4.78, 5) is 12.5. The lowest BCUT2D eigenvalue weighted by Gasteiger charge is -2.08. The molecule has 0 saturated carbocycles. The van der Waals surface area contributed by atoms with Gasteiger partial charge in [0, 0.05) is 4.88 Å². The van der Waals surface area contributed by atoms with Crippen molar-refractivity contribution in [3.05, 3.63) is 40.8 Å². The first-order valence-corrected chi connectivity index (χ1v) is 9.15. The Bertz CT molecular complexity index is 809. The molecule has 0 aliphatic heterocycles. The van der Waals surface area contributed by atoms with E-state index in [0.29, 0.717) is 5.75 Å². The summed E-state index contributed by atoms with van der Waals surface area (Å²) in [6.07, 6.45) is 0. The minimum Gasteiger partial charge on any atom is -0.497 e. The highest BCUT2D eigenvalue weighted by Gasteiger charge is 2.21. The average Bonchev–Trinajstić information content (AvgIpc) is 2.91. The molecule has 0 aliphatic rings. The van der Waals surface area contributed by atoms with Crippen LogP contribution in [0.1, 0.15) is 35.0 Å². The van der Waals surface area contributed by atoms with Crippen molar-refractivity contribution in [2.45, 2.75) is 24.7 Å². The van der Waals surface area contributed by atoms with E-state index in [1.165, 1.54) is 30.6 Å². The largest absolute Gasteiger partial charge is 0.497 e. The second-order valence-corrected chi connectivity index (χ2v) is 7.96. The van der Waals surface area contributed by atoms with Crippen LogP contribution in [0.4, 0.5) is 5.00 Å². The molecular formula is C15H18N2O4S2. The maximum atomic E-state index is 12.5. The average molecular weight is 354 g/mol. The van der Waals surface area contributed by atoms with Gasteiger partial charge in [0.15, 0.2) is 0 Å². The Morgan fingerprint density at radius 3 is 2.35 bits per heavy atom. The molecule has 8 heteroatoms. The molecule has 0 aliphatic carbocycles. The van der Waals surface area contributed by atoms with E-state index >= 15 is 0 Å². The van der Waals surface area contributed by atoms with Gasteiger partial charge in [-0.15, -0.1) is 11.3 Å². The highest BCUT2D eigenvalue weighted by Crippen LogP contribution is 2.34. The fourth-order valence-electron chi connectivity index (χ4n) is 1.89. The summed E-state index contributed by atoms with van der Waals surface area (Å²) in [6.45, 7) is 3.91. The SMILES string of the molecule is COc1ccc(S(=O)(=O)Nc2sc(C(C)C)cc2C(N)=O)cc1. The molecule has 2 rings (SSSR count). The standard InChI is InChI=1S/C15H18N2O4S2/c1-9(2)13-8-12(14(16)18)15(22-13)17-23(19,20)11-6-4-10(21-3)5-7-11/h4-9,17H,1-3H3,(H2,16,18). The summed E-state index contributed by atoms with van der Waals surface area (Å²) in [5.41, 5.74) is 5.52. The summed E-state index contributed by atoms with van der Waals surface area (Å²) in [5.74, 6) is 0.0536. The predicted molar refractivity (Wildman–Crippen MR) is 90.7 cm³/mol. The fraction of sp³-hybridized carbons (Fsp3) is 0.267. The first-order chi connectivity index (χ1) is 10.7. The summed E-state index contributed by atoms with van der Waals surface area (Å²) < 4.78 is 32.4. The third-order valence-corrected chi connectivity index (χ3v) is 6.03. The van der Waals surface area contributed by atoms with Gasteiger partial charge in [0.25, 0.3) is 15.9 Å². The predicted octanol–water partition coefficient (Wildman–Crippen LogP) is 2.78. The number of anilines is 1. The molecule has 1 amide bonds. The lowest BCUT2D eigenvalue weighted by Crippen LogP contribution is -2.16. The number of ether oxygens (including phenoxy) is 1. The molecule has 0 unspecified atom stereocenters. The van der Waals surface area contributed by atoms with E-state index in [-0.39, 0.29) is 21.4 Å². The number of sulfonamides is 1. The third-order valence-electron chi connectivity index (χ3n) is 3.18. The van der Waals surface area contributed by atoms with E-state index in [1.807, 2.05) is 13.8 Å². The molecule has 0 fully saturated rings. The van der Waals surface area contributed by atoms with Crippen LogP contribution in [-0.4, -0.2) is 21.4 Å². The van der Waals surface area contributed by atoms with E-state index in [4.69, 9.17) is 10.5 Å². The normalized spacial score (nSPS) is 11.5. The highest BCUT2D eigenvalue weighted by molar-refractivity contribution is 7.93. The smallest absolute Gasteiger partial charge is 0.262 e. The second-order valence-electron chi connectivity index (χ2n) is 5.19. The van der Waals surface area contributed by atoms with Gasteiger partial charge in [0.2, 0.25) is 0 Å². The number of benzene rings is 1. The number of carbonyl (C=O) groups is 1. The van der Waals surface area contributed by atoms with E-state index in [0.717, 1.165) is 4.88 Å². The summed E-state index contributed by atoms with van der Waals surface area (Å²) in [7, 11) is -2.31. The van der Waals surface area contributed by atoms with Gasteiger partial charge >= 0.3 is 0 Å². The van der Waals surface area contributed by atoms with Gasteiger partial charge in [0.1, 0.15) is 10.8 Å². The molecule has 124 valence electrons. The summed E-state index contributed by atoms with van der Waals surface area (Å²) in [5, 5.41) is 0.233. The van der Waals surface area contributed by atoms with Gasteiger partial charge in [-0.25, -0.2) is 8.42 Å². The maximum Gasteiger partial charge on any atom is 0.262 e. The van der Waals surface area contributed by atoms with E-state index in [9.17, 15) is 13.2 Å². The Hall–Kier alpha value is -2.06.